The molecule has 39 heavy (non-hydrogen) atoms. The summed E-state index contributed by atoms with van der Waals surface area (Å²) < 4.78 is 11.3. The number of esters is 1. The van der Waals surface area contributed by atoms with E-state index in [9.17, 15) is 24.0 Å². The van der Waals surface area contributed by atoms with Gasteiger partial charge in [0.05, 0.1) is 35.8 Å². The van der Waals surface area contributed by atoms with Crippen LogP contribution in [0.2, 0.25) is 5.02 Å². The second-order valence-electron chi connectivity index (χ2n) is 9.77. The summed E-state index contributed by atoms with van der Waals surface area (Å²) in [5.41, 5.74) is -0.140. The molecule has 0 radical (unpaired) electrons. The van der Waals surface area contributed by atoms with Gasteiger partial charge in [-0.25, -0.2) is 9.69 Å². The number of fused-ring (bicyclic) bond motifs is 3. The minimum atomic E-state index is -2.17. The van der Waals surface area contributed by atoms with E-state index in [0.29, 0.717) is 16.1 Å². The number of amides is 2. The summed E-state index contributed by atoms with van der Waals surface area (Å²) in [6.45, 7) is 3.67. The first-order valence-corrected chi connectivity index (χ1v) is 12.9. The Morgan fingerprint density at radius 1 is 0.949 bits per heavy atom. The van der Waals surface area contributed by atoms with E-state index >= 15 is 0 Å². The Labute approximate surface area is 228 Å². The van der Waals surface area contributed by atoms with Crippen LogP contribution < -0.4 is 4.90 Å². The number of ether oxygens (including phenoxy) is 2. The number of nitrogens with zero attached hydrogens (tertiary/aromatic N) is 1. The average Bonchev–Trinajstić information content (AvgIpc) is 3.50. The zero-order valence-corrected chi connectivity index (χ0v) is 21.7. The Bertz CT molecular complexity index is 1560. The third-order valence-electron chi connectivity index (χ3n) is 7.67. The van der Waals surface area contributed by atoms with E-state index < -0.39 is 52.9 Å². The van der Waals surface area contributed by atoms with E-state index in [1.807, 2.05) is 0 Å². The summed E-state index contributed by atoms with van der Waals surface area (Å²) in [6.07, 6.45) is -1.05. The van der Waals surface area contributed by atoms with Gasteiger partial charge < -0.3 is 9.47 Å². The lowest BCUT2D eigenvalue weighted by atomic mass is 9.77. The molecule has 2 aliphatic heterocycles. The van der Waals surface area contributed by atoms with Gasteiger partial charge in [-0.3, -0.25) is 19.2 Å². The van der Waals surface area contributed by atoms with Crippen molar-refractivity contribution < 1.29 is 33.4 Å². The predicted octanol–water partition coefficient (Wildman–Crippen LogP) is 4.52. The minimum Gasteiger partial charge on any atom is -0.462 e. The molecule has 0 bridgehead atoms. The van der Waals surface area contributed by atoms with Crippen LogP contribution in [0.25, 0.3) is 0 Å². The Morgan fingerprint density at radius 3 is 2.18 bits per heavy atom. The molecule has 1 aliphatic carbocycles. The van der Waals surface area contributed by atoms with Crippen LogP contribution in [-0.2, 0) is 19.1 Å². The molecular formula is C30H22ClNO7. The van der Waals surface area contributed by atoms with Gasteiger partial charge in [0, 0.05) is 16.1 Å². The maximum atomic E-state index is 14.0. The molecule has 9 heteroatoms. The van der Waals surface area contributed by atoms with Gasteiger partial charge in [-0.15, -0.1) is 0 Å². The fraction of sp³-hybridized carbons (Fsp3) is 0.233. The molecule has 8 nitrogen and oxygen atoms in total. The van der Waals surface area contributed by atoms with Crippen molar-refractivity contribution in [1.82, 2.24) is 0 Å². The molecule has 6 rings (SSSR count). The predicted molar refractivity (Wildman–Crippen MR) is 140 cm³/mol. The van der Waals surface area contributed by atoms with Crippen molar-refractivity contribution in [2.75, 3.05) is 11.5 Å². The third-order valence-corrected chi connectivity index (χ3v) is 8.09. The minimum absolute atomic E-state index is 0.159. The number of carbonyl (C=O) groups is 5. The lowest BCUT2D eigenvalue weighted by Gasteiger charge is -2.27. The molecule has 2 amide bonds. The Balaban J connectivity index is 1.48. The van der Waals surface area contributed by atoms with Crippen molar-refractivity contribution in [3.8, 4) is 0 Å². The van der Waals surface area contributed by atoms with Crippen LogP contribution in [0.5, 0.6) is 0 Å². The Hall–Kier alpha value is -4.14. The number of ketones is 2. The first-order valence-electron chi connectivity index (χ1n) is 12.5. The van der Waals surface area contributed by atoms with Crippen LogP contribution in [0, 0.1) is 18.8 Å². The molecule has 0 aromatic heterocycles. The zero-order chi connectivity index (χ0) is 27.6. The molecule has 0 N–H and O–H groups in total. The van der Waals surface area contributed by atoms with Gasteiger partial charge in [-0.05, 0) is 55.3 Å². The number of benzene rings is 3. The number of halogens is 1. The number of rotatable bonds is 4. The number of Topliss-reactive ketones (excluding diaryl/α,β-unsaturated/α-hetero) is 2. The fourth-order valence-electron chi connectivity index (χ4n) is 5.88. The Kier molecular flexibility index (Phi) is 5.78. The van der Waals surface area contributed by atoms with Gasteiger partial charge >= 0.3 is 5.97 Å². The SMILES string of the molecule is CCOC(=O)c1ccc(N2C(=O)C3C(c4ccc(Cl)c(C)c4)OC4(C(=O)c5ccccc5C4=O)C3C2=O)cc1. The van der Waals surface area contributed by atoms with E-state index in [1.54, 1.807) is 44.2 Å². The van der Waals surface area contributed by atoms with Gasteiger partial charge in [0.25, 0.3) is 0 Å². The number of carbonyl (C=O) groups excluding carboxylic acids is 5. The number of hydrogen-bond donors (Lipinski definition) is 0. The largest absolute Gasteiger partial charge is 0.462 e. The normalized spacial score (nSPS) is 22.9. The Morgan fingerprint density at radius 2 is 1.59 bits per heavy atom. The summed E-state index contributed by atoms with van der Waals surface area (Å²) >= 11 is 6.22. The highest BCUT2D eigenvalue weighted by Crippen LogP contribution is 2.57. The number of aryl methyl sites for hydroxylation is 1. The van der Waals surface area contributed by atoms with E-state index in [1.165, 1.54) is 36.4 Å². The summed E-state index contributed by atoms with van der Waals surface area (Å²) in [4.78, 5) is 68.8. The molecule has 0 saturated carbocycles. The van der Waals surface area contributed by atoms with Crippen LogP contribution in [0.3, 0.4) is 0 Å². The van der Waals surface area contributed by atoms with E-state index in [4.69, 9.17) is 21.1 Å². The van der Waals surface area contributed by atoms with E-state index in [2.05, 4.69) is 0 Å². The van der Waals surface area contributed by atoms with Gasteiger partial charge in [0.1, 0.15) is 0 Å². The van der Waals surface area contributed by atoms with Gasteiger partial charge in [-0.1, -0.05) is 48.0 Å². The maximum Gasteiger partial charge on any atom is 0.338 e. The lowest BCUT2D eigenvalue weighted by molar-refractivity contribution is -0.127. The van der Waals surface area contributed by atoms with Gasteiger partial charge in [0.15, 0.2) is 0 Å². The van der Waals surface area contributed by atoms with Crippen molar-refractivity contribution in [3.63, 3.8) is 0 Å². The van der Waals surface area contributed by atoms with Crippen molar-refractivity contribution in [3.05, 3.63) is 99.6 Å². The van der Waals surface area contributed by atoms with E-state index in [0.717, 1.165) is 4.90 Å². The van der Waals surface area contributed by atoms with Crippen LogP contribution in [-0.4, -0.2) is 41.6 Å². The highest BCUT2D eigenvalue weighted by molar-refractivity contribution is 6.37. The first kappa shape index (κ1) is 25.2. The van der Waals surface area contributed by atoms with Crippen molar-refractivity contribution >= 4 is 46.6 Å². The lowest BCUT2D eigenvalue weighted by Crippen LogP contribution is -2.51. The highest BCUT2D eigenvalue weighted by atomic mass is 35.5. The van der Waals surface area contributed by atoms with Crippen LogP contribution in [0.1, 0.15) is 55.2 Å². The fourth-order valence-corrected chi connectivity index (χ4v) is 6.00. The summed E-state index contributed by atoms with van der Waals surface area (Å²) in [5, 5.41) is 0.501. The van der Waals surface area contributed by atoms with Crippen molar-refractivity contribution in [2.45, 2.75) is 25.6 Å². The van der Waals surface area contributed by atoms with Gasteiger partial charge in [-0.2, -0.15) is 0 Å². The monoisotopic (exact) mass is 543 g/mol. The number of imide groups is 1. The number of anilines is 1. The quantitative estimate of drug-likeness (QED) is 0.270. The summed E-state index contributed by atoms with van der Waals surface area (Å²) in [5.74, 6) is -5.62. The molecule has 1 spiro atoms. The van der Waals surface area contributed by atoms with Crippen molar-refractivity contribution in [1.29, 1.82) is 0 Å². The molecular weight excluding hydrogens is 522 g/mol. The molecule has 3 unspecified atom stereocenters. The highest BCUT2D eigenvalue weighted by Gasteiger charge is 2.74. The number of hydrogen-bond acceptors (Lipinski definition) is 7. The zero-order valence-electron chi connectivity index (χ0n) is 21.0. The smallest absolute Gasteiger partial charge is 0.338 e. The molecule has 2 heterocycles. The van der Waals surface area contributed by atoms with E-state index in [-0.39, 0.29) is 29.0 Å². The first-order chi connectivity index (χ1) is 18.7. The molecule has 2 fully saturated rings. The molecule has 3 atom stereocenters. The molecule has 2 saturated heterocycles. The van der Waals surface area contributed by atoms with Crippen LogP contribution in [0.4, 0.5) is 5.69 Å². The standard InChI is InChI=1S/C30H22ClNO7/c1-3-38-29(37)16-8-11-18(12-9-16)32-27(35)22-23(28(32)36)30(25(33)19-6-4-5-7-20(19)26(30)34)39-24(22)17-10-13-21(31)15(2)14-17/h4-14,22-24H,3H2,1-2H3. The molecule has 3 aliphatic rings. The summed E-state index contributed by atoms with van der Waals surface area (Å²) in [7, 11) is 0. The van der Waals surface area contributed by atoms with Crippen molar-refractivity contribution in [2.24, 2.45) is 11.8 Å². The molecule has 3 aromatic rings. The topological polar surface area (TPSA) is 107 Å². The second kappa shape index (κ2) is 8.97. The summed E-state index contributed by atoms with van der Waals surface area (Å²) in [6, 6.07) is 17.2. The van der Waals surface area contributed by atoms with Crippen LogP contribution >= 0.6 is 11.6 Å². The maximum absolute atomic E-state index is 14.0. The third kappa shape index (κ3) is 3.45. The van der Waals surface area contributed by atoms with Crippen LogP contribution in [0.15, 0.2) is 66.7 Å². The average molecular weight is 544 g/mol. The van der Waals surface area contributed by atoms with Gasteiger partial charge in [0.2, 0.25) is 29.0 Å². The second-order valence-corrected chi connectivity index (χ2v) is 10.2. The molecule has 196 valence electrons. The molecule has 3 aromatic carbocycles.